The lowest BCUT2D eigenvalue weighted by molar-refractivity contribution is -0.671. The number of carbonyl (C=O) groups is 1. The van der Waals surface area contributed by atoms with Crippen LogP contribution in [-0.4, -0.2) is 35.2 Å². The molecule has 0 radical (unpaired) electrons. The highest BCUT2D eigenvalue weighted by molar-refractivity contribution is 6.23. The molecule has 4 N–H and O–H groups in total. The number of ketones is 1. The number of benzene rings is 2. The zero-order valence-corrected chi connectivity index (χ0v) is 23.9. The number of aliphatic imine (C=N–C) groups is 1. The van der Waals surface area contributed by atoms with Crippen molar-refractivity contribution in [1.82, 2.24) is 4.57 Å². The van der Waals surface area contributed by atoms with Crippen LogP contribution in [0.4, 0.5) is 22.7 Å². The molecule has 0 bridgehead atoms. The van der Waals surface area contributed by atoms with Crippen molar-refractivity contribution in [3.05, 3.63) is 90.8 Å². The highest BCUT2D eigenvalue weighted by atomic mass is 35.5. The molecule has 8 nitrogen and oxygen atoms in total. The summed E-state index contributed by atoms with van der Waals surface area (Å²) in [5.74, 6) is -0.173. The predicted molar refractivity (Wildman–Crippen MR) is 163 cm³/mol. The van der Waals surface area contributed by atoms with Gasteiger partial charge in [0.1, 0.15) is 12.4 Å². The highest BCUT2D eigenvalue weighted by Gasteiger charge is 2.17. The number of carbonyl (C=O) groups excluding carboxylic acids is 1. The lowest BCUT2D eigenvalue weighted by Crippen LogP contribution is -2.30. The summed E-state index contributed by atoms with van der Waals surface area (Å²) >= 11 is 0. The molecule has 0 aliphatic heterocycles. The normalized spacial score (nSPS) is 14.1. The van der Waals surface area contributed by atoms with Gasteiger partial charge in [0.15, 0.2) is 0 Å². The highest BCUT2D eigenvalue weighted by Crippen LogP contribution is 2.24. The standard InChI is InChI=1S/C30H37N7O.ClH/c1-5-37(22(2)3)26-13-11-25(12-14-26)33-28-20-29(30(38)19-27(28)31)34-24-9-7-23(8-10-24)32-15-6-16-36-18-17-35(4)21-36;/h7-14,17-22H,5-6,15-16H2,1-4H3,(H3-,31,32,33,34,38);1H/p+1. The van der Waals surface area contributed by atoms with E-state index in [1.807, 2.05) is 54.2 Å². The monoisotopic (exact) mass is 548 g/mol. The number of anilines is 3. The summed E-state index contributed by atoms with van der Waals surface area (Å²) in [7, 11) is 2.02. The molecule has 0 spiro atoms. The number of allylic oxidation sites excluding steroid dienone is 2. The minimum Gasteiger partial charge on any atom is -0.397 e. The van der Waals surface area contributed by atoms with Crippen LogP contribution >= 0.6 is 12.4 Å². The van der Waals surface area contributed by atoms with Gasteiger partial charge in [-0.15, -0.1) is 12.4 Å². The maximum Gasteiger partial charge on any atom is 0.243 e. The molecule has 1 aromatic heterocycles. The molecule has 0 atom stereocenters. The Morgan fingerprint density at radius 3 is 2.36 bits per heavy atom. The average Bonchev–Trinajstić information content (AvgIpc) is 3.31. The van der Waals surface area contributed by atoms with Crippen molar-refractivity contribution >= 4 is 46.7 Å². The third-order valence-corrected chi connectivity index (χ3v) is 6.43. The first-order chi connectivity index (χ1) is 18.3. The number of aryl methyl sites for hydroxylation is 2. The maximum atomic E-state index is 12.6. The van der Waals surface area contributed by atoms with Crippen LogP contribution in [0.15, 0.2) is 95.8 Å². The Bertz CT molecular complexity index is 1340. The summed E-state index contributed by atoms with van der Waals surface area (Å²) in [6.07, 6.45) is 10.3. The van der Waals surface area contributed by atoms with Crippen LogP contribution in [0.25, 0.3) is 0 Å². The predicted octanol–water partition coefficient (Wildman–Crippen LogP) is 4.97. The van der Waals surface area contributed by atoms with Gasteiger partial charge >= 0.3 is 0 Å². The van der Waals surface area contributed by atoms with Gasteiger partial charge in [-0.3, -0.25) is 4.79 Å². The number of nitrogens with two attached hydrogens (primary N) is 1. The van der Waals surface area contributed by atoms with Crippen LogP contribution in [0.2, 0.25) is 0 Å². The number of aromatic nitrogens is 2. The van der Waals surface area contributed by atoms with Gasteiger partial charge in [-0.2, -0.15) is 0 Å². The van der Waals surface area contributed by atoms with Crippen molar-refractivity contribution in [2.24, 2.45) is 17.8 Å². The van der Waals surface area contributed by atoms with E-state index >= 15 is 0 Å². The molecule has 2 aromatic carbocycles. The fraction of sp³-hybridized carbons (Fsp3) is 0.300. The fourth-order valence-electron chi connectivity index (χ4n) is 4.44. The van der Waals surface area contributed by atoms with Crippen LogP contribution in [0.1, 0.15) is 27.2 Å². The fourth-order valence-corrected chi connectivity index (χ4v) is 4.44. The first-order valence-electron chi connectivity index (χ1n) is 13.1. The molecule has 3 aromatic rings. The van der Waals surface area contributed by atoms with Gasteiger partial charge < -0.3 is 21.3 Å². The number of hydrogen-bond acceptors (Lipinski definition) is 6. The Balaban J connectivity index is 0.00000420. The van der Waals surface area contributed by atoms with E-state index in [1.54, 1.807) is 6.08 Å². The van der Waals surface area contributed by atoms with E-state index in [1.165, 1.54) is 6.08 Å². The van der Waals surface area contributed by atoms with E-state index in [9.17, 15) is 4.79 Å². The molecule has 206 valence electrons. The number of hydrogen-bond donors (Lipinski definition) is 3. The largest absolute Gasteiger partial charge is 0.397 e. The molecule has 0 saturated heterocycles. The first kappa shape index (κ1) is 29.5. The smallest absolute Gasteiger partial charge is 0.243 e. The van der Waals surface area contributed by atoms with Gasteiger partial charge in [0.05, 0.1) is 36.4 Å². The van der Waals surface area contributed by atoms with Crippen molar-refractivity contribution in [3.63, 3.8) is 0 Å². The molecule has 4 rings (SSSR count). The van der Waals surface area contributed by atoms with E-state index in [2.05, 4.69) is 65.5 Å². The topological polar surface area (TPSA) is 91.6 Å². The maximum absolute atomic E-state index is 12.6. The Morgan fingerprint density at radius 1 is 1.05 bits per heavy atom. The third-order valence-electron chi connectivity index (χ3n) is 6.43. The van der Waals surface area contributed by atoms with Crippen LogP contribution in [0.5, 0.6) is 0 Å². The van der Waals surface area contributed by atoms with E-state index in [0.717, 1.165) is 48.8 Å². The molecule has 39 heavy (non-hydrogen) atoms. The van der Waals surface area contributed by atoms with Crippen LogP contribution in [0, 0.1) is 0 Å². The molecule has 0 amide bonds. The van der Waals surface area contributed by atoms with Crippen molar-refractivity contribution in [1.29, 1.82) is 0 Å². The van der Waals surface area contributed by atoms with Gasteiger partial charge in [-0.1, -0.05) is 0 Å². The van der Waals surface area contributed by atoms with Gasteiger partial charge in [0.25, 0.3) is 0 Å². The molecule has 9 heteroatoms. The number of halogens is 1. The Morgan fingerprint density at radius 2 is 1.74 bits per heavy atom. The first-order valence-corrected chi connectivity index (χ1v) is 13.1. The molecule has 0 fully saturated rings. The zero-order chi connectivity index (χ0) is 27.1. The Labute approximate surface area is 237 Å². The van der Waals surface area contributed by atoms with Crippen molar-refractivity contribution < 1.29 is 9.36 Å². The molecule has 0 unspecified atom stereocenters. The lowest BCUT2D eigenvalue weighted by Gasteiger charge is -2.27. The van der Waals surface area contributed by atoms with Gasteiger partial charge in [0.2, 0.25) is 12.1 Å². The number of nitrogens with zero attached hydrogens (tertiary/aromatic N) is 4. The van der Waals surface area contributed by atoms with Crippen LogP contribution in [-0.2, 0) is 18.4 Å². The molecule has 1 aliphatic rings. The minimum absolute atomic E-state index is 0. The van der Waals surface area contributed by atoms with E-state index in [4.69, 9.17) is 10.7 Å². The second-order valence-corrected chi connectivity index (χ2v) is 9.71. The quantitative estimate of drug-likeness (QED) is 0.179. The van der Waals surface area contributed by atoms with E-state index < -0.39 is 0 Å². The number of rotatable bonds is 11. The summed E-state index contributed by atoms with van der Waals surface area (Å²) in [4.78, 5) is 19.6. The lowest BCUT2D eigenvalue weighted by atomic mass is 10.1. The van der Waals surface area contributed by atoms with E-state index in [0.29, 0.717) is 23.1 Å². The Kier molecular flexibility index (Phi) is 10.3. The summed E-state index contributed by atoms with van der Waals surface area (Å²) in [6.45, 7) is 9.27. The second kappa shape index (κ2) is 13.7. The van der Waals surface area contributed by atoms with Crippen molar-refractivity contribution in [2.75, 3.05) is 28.6 Å². The van der Waals surface area contributed by atoms with Crippen molar-refractivity contribution in [3.8, 4) is 0 Å². The molecular formula is C30H39ClN7O+. The van der Waals surface area contributed by atoms with Crippen LogP contribution in [0.3, 0.4) is 0 Å². The number of imidazole rings is 1. The minimum atomic E-state index is -0.173. The molecule has 0 saturated carbocycles. The van der Waals surface area contributed by atoms with Gasteiger partial charge in [-0.05, 0) is 75.4 Å². The third kappa shape index (κ3) is 7.97. The summed E-state index contributed by atoms with van der Waals surface area (Å²) < 4.78 is 4.21. The number of nitrogens with one attached hydrogen (secondary N) is 2. The molecule has 1 heterocycles. The molecule has 1 aliphatic carbocycles. The van der Waals surface area contributed by atoms with Gasteiger partial charge in [-0.25, -0.2) is 14.1 Å². The summed E-state index contributed by atoms with van der Waals surface area (Å²) in [5, 5.41) is 6.66. The molecular weight excluding hydrogens is 510 g/mol. The summed E-state index contributed by atoms with van der Waals surface area (Å²) in [5.41, 5.74) is 11.3. The summed E-state index contributed by atoms with van der Waals surface area (Å²) in [6, 6.07) is 16.4. The van der Waals surface area contributed by atoms with Crippen molar-refractivity contribution in [2.45, 2.75) is 39.8 Å². The van der Waals surface area contributed by atoms with Crippen LogP contribution < -0.4 is 25.8 Å². The second-order valence-electron chi connectivity index (χ2n) is 9.71. The average molecular weight is 549 g/mol. The Hall–Kier alpha value is -4.04. The zero-order valence-electron chi connectivity index (χ0n) is 23.1. The van der Waals surface area contributed by atoms with E-state index in [-0.39, 0.29) is 18.2 Å². The SMILES string of the molecule is CCN(c1ccc(N=C2C=C(Nc3ccc(NCCCn4cc[n+](C)c4)cc3)C(=O)C=C2N)cc1)C(C)C.Cl. The van der Waals surface area contributed by atoms with Gasteiger partial charge in [0, 0.05) is 48.7 Å².